The van der Waals surface area contributed by atoms with Crippen LogP contribution in [-0.2, 0) is 20.3 Å². The molecule has 4 nitrogen and oxygen atoms in total. The Kier molecular flexibility index (Phi) is 4.95. The zero-order valence-electron chi connectivity index (χ0n) is 23.9. The van der Waals surface area contributed by atoms with Gasteiger partial charge in [-0.1, -0.05) is 80.6 Å². The third-order valence-corrected chi connectivity index (χ3v) is 9.80. The zero-order chi connectivity index (χ0) is 28.1. The van der Waals surface area contributed by atoms with Gasteiger partial charge in [0.2, 0.25) is 0 Å². The highest BCUT2D eigenvalue weighted by atomic mass is 16.5. The predicted octanol–water partition coefficient (Wildman–Crippen LogP) is 8.46. The molecule has 0 aliphatic carbocycles. The summed E-state index contributed by atoms with van der Waals surface area (Å²) in [5, 5.41) is 5.10. The van der Waals surface area contributed by atoms with Gasteiger partial charge < -0.3 is 18.6 Å². The highest BCUT2D eigenvalue weighted by Crippen LogP contribution is 2.42. The van der Waals surface area contributed by atoms with Crippen molar-refractivity contribution in [3.05, 3.63) is 120 Å². The van der Waals surface area contributed by atoms with E-state index in [0.29, 0.717) is 0 Å². The summed E-state index contributed by atoms with van der Waals surface area (Å²) in [6, 6.07) is 40.5. The number of hydrogen-bond donors (Lipinski definition) is 0. The van der Waals surface area contributed by atoms with Crippen LogP contribution >= 0.6 is 0 Å². The second-order valence-corrected chi connectivity index (χ2v) is 12.8. The van der Waals surface area contributed by atoms with Crippen LogP contribution in [0.3, 0.4) is 0 Å². The maximum atomic E-state index is 5.56. The molecule has 0 bridgehead atoms. The van der Waals surface area contributed by atoms with Gasteiger partial charge in [-0.3, -0.25) is 0 Å². The Bertz CT molecular complexity index is 2160. The molecular weight excluding hydrogens is 516 g/mol. The summed E-state index contributed by atoms with van der Waals surface area (Å²) in [6.45, 7) is 7.73. The van der Waals surface area contributed by atoms with E-state index in [1.54, 1.807) is 0 Å². The van der Waals surface area contributed by atoms with Gasteiger partial charge >= 0.3 is 0 Å². The van der Waals surface area contributed by atoms with Crippen LogP contribution in [0.2, 0.25) is 0 Å². The van der Waals surface area contributed by atoms with Crippen molar-refractivity contribution in [2.24, 2.45) is 0 Å². The van der Waals surface area contributed by atoms with Crippen molar-refractivity contribution in [2.75, 3.05) is 26.4 Å². The molecule has 0 saturated carbocycles. The first-order valence-electron chi connectivity index (χ1n) is 14.9. The van der Waals surface area contributed by atoms with Gasteiger partial charge in [0.1, 0.15) is 0 Å². The lowest BCUT2D eigenvalue weighted by Gasteiger charge is -2.38. The van der Waals surface area contributed by atoms with Crippen LogP contribution in [0, 0.1) is 0 Å². The van der Waals surface area contributed by atoms with Gasteiger partial charge in [-0.05, 0) is 53.6 Å². The second-order valence-electron chi connectivity index (χ2n) is 12.8. The Hall–Kier alpha value is -4.38. The molecule has 2 aliphatic rings. The lowest BCUT2D eigenvalue weighted by molar-refractivity contribution is -0.0500. The van der Waals surface area contributed by atoms with E-state index in [2.05, 4.69) is 132 Å². The van der Waals surface area contributed by atoms with Gasteiger partial charge in [0.15, 0.2) is 0 Å². The summed E-state index contributed by atoms with van der Waals surface area (Å²) in [4.78, 5) is 0. The lowest BCUT2D eigenvalue weighted by Crippen LogP contribution is -2.43. The summed E-state index contributed by atoms with van der Waals surface area (Å²) in [5.74, 6) is 0. The maximum absolute atomic E-state index is 5.56. The average molecular weight is 549 g/mol. The zero-order valence-corrected chi connectivity index (χ0v) is 23.9. The first-order valence-corrected chi connectivity index (χ1v) is 14.9. The minimum absolute atomic E-state index is 0.110. The number of rotatable bonds is 4. The number of ether oxygens (including phenoxy) is 2. The molecule has 4 heteroatoms. The predicted molar refractivity (Wildman–Crippen MR) is 171 cm³/mol. The molecule has 0 N–H and O–H groups in total. The number of benzene rings is 5. The Morgan fingerprint density at radius 1 is 0.476 bits per heavy atom. The number of para-hydroxylation sites is 2. The van der Waals surface area contributed by atoms with E-state index in [1.165, 1.54) is 66.1 Å². The Balaban J connectivity index is 1.33. The number of fused-ring (bicyclic) bond motifs is 7. The van der Waals surface area contributed by atoms with Gasteiger partial charge in [0.05, 0.1) is 48.5 Å². The first-order chi connectivity index (χ1) is 20.5. The Morgan fingerprint density at radius 2 is 0.976 bits per heavy atom. The van der Waals surface area contributed by atoms with Crippen molar-refractivity contribution < 1.29 is 9.47 Å². The molecule has 0 amide bonds. The third-order valence-electron chi connectivity index (χ3n) is 9.80. The van der Waals surface area contributed by atoms with E-state index in [9.17, 15) is 0 Å². The molecule has 0 unspecified atom stereocenters. The number of hydrogen-bond acceptors (Lipinski definition) is 2. The summed E-state index contributed by atoms with van der Waals surface area (Å²) in [5.41, 5.74) is 10.2. The smallest absolute Gasteiger partial charge is 0.0641 e. The van der Waals surface area contributed by atoms with Gasteiger partial charge in [0, 0.05) is 43.7 Å². The van der Waals surface area contributed by atoms with Crippen LogP contribution < -0.4 is 0 Å². The van der Waals surface area contributed by atoms with Crippen LogP contribution in [0.5, 0.6) is 0 Å². The summed E-state index contributed by atoms with van der Waals surface area (Å²) in [6.07, 6.45) is 0. The van der Waals surface area contributed by atoms with Crippen LogP contribution in [0.4, 0.5) is 0 Å². The van der Waals surface area contributed by atoms with Crippen LogP contribution in [0.25, 0.3) is 55.0 Å². The van der Waals surface area contributed by atoms with Crippen molar-refractivity contribution in [1.29, 1.82) is 0 Å². The molecule has 2 fully saturated rings. The molecule has 42 heavy (non-hydrogen) atoms. The first kappa shape index (κ1) is 24.2. The highest BCUT2D eigenvalue weighted by Gasteiger charge is 2.36. The minimum Gasteiger partial charge on any atom is -0.379 e. The van der Waals surface area contributed by atoms with Crippen LogP contribution in [-0.4, -0.2) is 35.6 Å². The minimum atomic E-state index is 0.110. The summed E-state index contributed by atoms with van der Waals surface area (Å²) < 4.78 is 16.0. The third kappa shape index (κ3) is 3.25. The van der Waals surface area contributed by atoms with Gasteiger partial charge in [-0.15, -0.1) is 0 Å². The molecule has 9 rings (SSSR count). The fourth-order valence-corrected chi connectivity index (χ4v) is 7.23. The van der Waals surface area contributed by atoms with E-state index < -0.39 is 0 Å². The quantitative estimate of drug-likeness (QED) is 0.221. The molecule has 0 spiro atoms. The molecule has 5 aromatic carbocycles. The molecule has 7 aromatic rings. The molecule has 2 aliphatic heterocycles. The average Bonchev–Trinajstić information content (AvgIpc) is 3.52. The fraction of sp³-hybridized carbons (Fsp3) is 0.211. The molecule has 206 valence electrons. The molecular formula is C38H32N2O2. The molecule has 2 aromatic heterocycles. The van der Waals surface area contributed by atoms with E-state index in [1.807, 2.05) is 0 Å². The number of nitrogens with zero attached hydrogens (tertiary/aromatic N) is 2. The molecule has 4 heterocycles. The Labute approximate surface area is 244 Å². The molecule has 0 radical (unpaired) electrons. The van der Waals surface area contributed by atoms with E-state index in [4.69, 9.17) is 9.47 Å². The van der Waals surface area contributed by atoms with Gasteiger partial charge in [-0.2, -0.15) is 0 Å². The summed E-state index contributed by atoms with van der Waals surface area (Å²) in [7, 11) is 0. The van der Waals surface area contributed by atoms with E-state index >= 15 is 0 Å². The topological polar surface area (TPSA) is 28.3 Å². The largest absolute Gasteiger partial charge is 0.379 e. The van der Waals surface area contributed by atoms with Crippen molar-refractivity contribution in [3.8, 4) is 11.4 Å². The second kappa shape index (κ2) is 8.57. The fourth-order valence-electron chi connectivity index (χ4n) is 7.23. The normalized spacial score (nSPS) is 17.6. The van der Waals surface area contributed by atoms with Crippen molar-refractivity contribution in [3.63, 3.8) is 0 Å². The van der Waals surface area contributed by atoms with Crippen molar-refractivity contribution in [1.82, 2.24) is 9.13 Å². The Morgan fingerprint density at radius 3 is 1.52 bits per heavy atom. The highest BCUT2D eigenvalue weighted by molar-refractivity contribution is 6.26. The van der Waals surface area contributed by atoms with E-state index in [0.717, 1.165) is 26.4 Å². The van der Waals surface area contributed by atoms with E-state index in [-0.39, 0.29) is 10.8 Å². The van der Waals surface area contributed by atoms with Crippen molar-refractivity contribution >= 4 is 43.6 Å². The molecule has 2 saturated heterocycles. The summed E-state index contributed by atoms with van der Waals surface area (Å²) >= 11 is 0. The van der Waals surface area contributed by atoms with Gasteiger partial charge in [0.25, 0.3) is 0 Å². The number of aromatic nitrogens is 2. The maximum Gasteiger partial charge on any atom is 0.0641 e. The monoisotopic (exact) mass is 548 g/mol. The van der Waals surface area contributed by atoms with Crippen LogP contribution in [0.1, 0.15) is 25.0 Å². The van der Waals surface area contributed by atoms with Gasteiger partial charge in [-0.25, -0.2) is 0 Å². The molecule has 0 atom stereocenters. The van der Waals surface area contributed by atoms with Crippen molar-refractivity contribution in [2.45, 2.75) is 24.7 Å². The standard InChI is InChI=1S/C38H32N2O2/c1-37(21-41-22-37)25-11-15-27(16-12-25)39-33-10-6-4-8-31(33)35-34(39)20-19-30-29-7-3-5-9-32(29)40(36(30)35)28-17-13-26(14-18-28)38(2)23-42-24-38/h3-20H,21-24H2,1-2H3. The lowest BCUT2D eigenvalue weighted by atomic mass is 9.81. The van der Waals surface area contributed by atoms with Crippen LogP contribution in [0.15, 0.2) is 109 Å². The SMILES string of the molecule is CC1(c2ccc(-n3c4ccccc4c4c3ccc3c5ccccc5n(-c5ccc(C6(C)COC6)cc5)c34)cc2)COC1.